The number of carbonyl (C=O) groups excluding carboxylic acids is 1. The molecule has 2 aliphatic rings. The largest absolute Gasteiger partial charge is 0.384 e. The van der Waals surface area contributed by atoms with Crippen molar-refractivity contribution < 1.29 is 9.53 Å². The van der Waals surface area contributed by atoms with Crippen molar-refractivity contribution in [2.24, 2.45) is 5.92 Å². The van der Waals surface area contributed by atoms with Crippen LogP contribution in [0, 0.1) is 5.92 Å². The molecule has 100 valence electrons. The number of likely N-dealkylation sites (tertiary alicyclic amines) is 1. The molecule has 0 aromatic heterocycles. The fourth-order valence-electron chi connectivity index (χ4n) is 2.75. The van der Waals surface area contributed by atoms with Gasteiger partial charge in [0.1, 0.15) is 0 Å². The van der Waals surface area contributed by atoms with E-state index in [0.29, 0.717) is 11.8 Å². The van der Waals surface area contributed by atoms with Gasteiger partial charge in [0, 0.05) is 20.2 Å². The van der Waals surface area contributed by atoms with Crippen LogP contribution in [-0.2, 0) is 9.53 Å². The molecule has 5 heteroatoms. The minimum absolute atomic E-state index is 0. The van der Waals surface area contributed by atoms with Gasteiger partial charge in [0.05, 0.1) is 12.6 Å². The predicted octanol–water partition coefficient (Wildman–Crippen LogP) is 1.05. The summed E-state index contributed by atoms with van der Waals surface area (Å²) in [5, 5.41) is 3.28. The van der Waals surface area contributed by atoms with Crippen molar-refractivity contribution in [3.05, 3.63) is 0 Å². The topological polar surface area (TPSA) is 41.6 Å². The van der Waals surface area contributed by atoms with Crippen molar-refractivity contribution in [1.82, 2.24) is 10.2 Å². The zero-order valence-electron chi connectivity index (χ0n) is 10.5. The predicted molar refractivity (Wildman–Crippen MR) is 69.5 cm³/mol. The number of rotatable bonds is 3. The Morgan fingerprint density at radius 1 is 1.41 bits per heavy atom. The maximum Gasteiger partial charge on any atom is 0.239 e. The minimum Gasteiger partial charge on any atom is -0.384 e. The number of amides is 1. The number of hydrogen-bond donors (Lipinski definition) is 1. The Balaban J connectivity index is 0.00000144. The average molecular weight is 263 g/mol. The van der Waals surface area contributed by atoms with E-state index in [1.54, 1.807) is 7.11 Å². The van der Waals surface area contributed by atoms with E-state index in [-0.39, 0.29) is 18.4 Å². The van der Waals surface area contributed by atoms with Gasteiger partial charge in [-0.25, -0.2) is 0 Å². The van der Waals surface area contributed by atoms with Gasteiger partial charge >= 0.3 is 0 Å². The monoisotopic (exact) mass is 262 g/mol. The SMILES string of the molecule is COCC1CCCN(C(=O)[C@@H]2CCCN2)C1.Cl. The number of methoxy groups -OCH3 is 1. The van der Waals surface area contributed by atoms with Crippen LogP contribution in [0.5, 0.6) is 0 Å². The maximum atomic E-state index is 12.2. The van der Waals surface area contributed by atoms with E-state index in [4.69, 9.17) is 4.74 Å². The summed E-state index contributed by atoms with van der Waals surface area (Å²) in [5.41, 5.74) is 0. The summed E-state index contributed by atoms with van der Waals surface area (Å²) in [4.78, 5) is 14.2. The van der Waals surface area contributed by atoms with Crippen LogP contribution < -0.4 is 5.32 Å². The molecule has 1 unspecified atom stereocenters. The smallest absolute Gasteiger partial charge is 0.239 e. The molecule has 0 spiro atoms. The van der Waals surface area contributed by atoms with E-state index in [2.05, 4.69) is 5.32 Å². The van der Waals surface area contributed by atoms with Crippen molar-refractivity contribution in [2.75, 3.05) is 33.4 Å². The van der Waals surface area contributed by atoms with Gasteiger partial charge in [0.25, 0.3) is 0 Å². The van der Waals surface area contributed by atoms with Gasteiger partial charge in [-0.2, -0.15) is 0 Å². The Bertz CT molecular complexity index is 243. The van der Waals surface area contributed by atoms with Gasteiger partial charge in [0.15, 0.2) is 0 Å². The molecule has 0 aliphatic carbocycles. The third-order valence-electron chi connectivity index (χ3n) is 3.59. The molecule has 4 nitrogen and oxygen atoms in total. The Morgan fingerprint density at radius 2 is 2.24 bits per heavy atom. The molecule has 0 bridgehead atoms. The molecular weight excluding hydrogens is 240 g/mol. The first kappa shape index (κ1) is 14.7. The normalized spacial score (nSPS) is 28.9. The molecule has 2 aliphatic heterocycles. The molecule has 17 heavy (non-hydrogen) atoms. The van der Waals surface area contributed by atoms with Crippen LogP contribution in [0.3, 0.4) is 0 Å². The van der Waals surface area contributed by atoms with Crippen LogP contribution in [0.1, 0.15) is 25.7 Å². The van der Waals surface area contributed by atoms with Crippen molar-refractivity contribution in [3.8, 4) is 0 Å². The third-order valence-corrected chi connectivity index (χ3v) is 3.59. The van der Waals surface area contributed by atoms with Crippen molar-refractivity contribution in [2.45, 2.75) is 31.7 Å². The van der Waals surface area contributed by atoms with Gasteiger partial charge in [-0.05, 0) is 38.1 Å². The zero-order valence-corrected chi connectivity index (χ0v) is 11.3. The maximum absolute atomic E-state index is 12.2. The number of halogens is 1. The highest BCUT2D eigenvalue weighted by Gasteiger charge is 2.30. The summed E-state index contributed by atoms with van der Waals surface area (Å²) in [6, 6.07) is 0.0845. The molecule has 2 heterocycles. The quantitative estimate of drug-likeness (QED) is 0.827. The molecule has 2 saturated heterocycles. The molecule has 2 atom stereocenters. The molecule has 0 saturated carbocycles. The standard InChI is InChI=1S/C12H22N2O2.ClH/c1-16-9-10-4-3-7-14(8-10)12(15)11-5-2-6-13-11;/h10-11,13H,2-9H2,1H3;1H/t10?,11-;/m0./s1. The van der Waals surface area contributed by atoms with Crippen LogP contribution in [0.2, 0.25) is 0 Å². The van der Waals surface area contributed by atoms with Crippen LogP contribution in [0.15, 0.2) is 0 Å². The lowest BCUT2D eigenvalue weighted by Crippen LogP contribution is -2.48. The Morgan fingerprint density at radius 3 is 2.88 bits per heavy atom. The molecule has 1 N–H and O–H groups in total. The first-order valence-corrected chi connectivity index (χ1v) is 6.32. The minimum atomic E-state index is 0. The number of hydrogen-bond acceptors (Lipinski definition) is 3. The molecule has 0 radical (unpaired) electrons. The van der Waals surface area contributed by atoms with Gasteiger partial charge in [-0.3, -0.25) is 4.79 Å². The van der Waals surface area contributed by atoms with Gasteiger partial charge < -0.3 is 15.0 Å². The number of nitrogens with one attached hydrogen (secondary N) is 1. The van der Waals surface area contributed by atoms with Crippen molar-refractivity contribution >= 4 is 18.3 Å². The molecule has 2 fully saturated rings. The molecule has 0 aromatic carbocycles. The first-order chi connectivity index (χ1) is 7.81. The molecule has 1 amide bonds. The summed E-state index contributed by atoms with van der Waals surface area (Å²) >= 11 is 0. The molecule has 2 rings (SSSR count). The number of ether oxygens (including phenoxy) is 1. The van der Waals surface area contributed by atoms with Crippen LogP contribution >= 0.6 is 12.4 Å². The molecular formula is C12H23ClN2O2. The lowest BCUT2D eigenvalue weighted by molar-refractivity contribution is -0.135. The second kappa shape index (κ2) is 7.19. The van der Waals surface area contributed by atoms with Crippen LogP contribution in [0.25, 0.3) is 0 Å². The fourth-order valence-corrected chi connectivity index (χ4v) is 2.75. The second-order valence-corrected chi connectivity index (χ2v) is 4.90. The summed E-state index contributed by atoms with van der Waals surface area (Å²) in [5.74, 6) is 0.836. The second-order valence-electron chi connectivity index (χ2n) is 4.90. The first-order valence-electron chi connectivity index (χ1n) is 6.32. The highest BCUT2D eigenvalue weighted by atomic mass is 35.5. The Kier molecular flexibility index (Phi) is 6.23. The third kappa shape index (κ3) is 3.83. The summed E-state index contributed by atoms with van der Waals surface area (Å²) < 4.78 is 5.18. The molecule has 0 aromatic rings. The highest BCUT2D eigenvalue weighted by molar-refractivity contribution is 5.85. The van der Waals surface area contributed by atoms with Gasteiger partial charge in [-0.15, -0.1) is 12.4 Å². The van der Waals surface area contributed by atoms with E-state index >= 15 is 0 Å². The van der Waals surface area contributed by atoms with E-state index in [9.17, 15) is 4.79 Å². The van der Waals surface area contributed by atoms with Gasteiger partial charge in [-0.1, -0.05) is 0 Å². The number of piperidine rings is 1. The van der Waals surface area contributed by atoms with E-state index in [1.807, 2.05) is 4.90 Å². The Hall–Kier alpha value is -0.320. The van der Waals surface area contributed by atoms with Gasteiger partial charge in [0.2, 0.25) is 5.91 Å². The summed E-state index contributed by atoms with van der Waals surface area (Å²) in [7, 11) is 1.74. The fraction of sp³-hybridized carbons (Fsp3) is 0.917. The lowest BCUT2D eigenvalue weighted by atomic mass is 9.98. The number of carbonyl (C=O) groups is 1. The summed E-state index contributed by atoms with van der Waals surface area (Å²) in [6.45, 7) is 3.58. The average Bonchev–Trinajstić information content (AvgIpc) is 2.82. The van der Waals surface area contributed by atoms with Crippen molar-refractivity contribution in [1.29, 1.82) is 0 Å². The van der Waals surface area contributed by atoms with E-state index in [0.717, 1.165) is 45.5 Å². The van der Waals surface area contributed by atoms with Crippen LogP contribution in [-0.4, -0.2) is 50.2 Å². The highest BCUT2D eigenvalue weighted by Crippen LogP contribution is 2.19. The van der Waals surface area contributed by atoms with E-state index < -0.39 is 0 Å². The van der Waals surface area contributed by atoms with E-state index in [1.165, 1.54) is 6.42 Å². The lowest BCUT2D eigenvalue weighted by Gasteiger charge is -2.34. The Labute approximate surface area is 109 Å². The number of nitrogens with zero attached hydrogens (tertiary/aromatic N) is 1. The summed E-state index contributed by atoms with van der Waals surface area (Å²) in [6.07, 6.45) is 4.44. The van der Waals surface area contributed by atoms with Crippen LogP contribution in [0.4, 0.5) is 0 Å². The van der Waals surface area contributed by atoms with Crippen molar-refractivity contribution in [3.63, 3.8) is 0 Å². The zero-order chi connectivity index (χ0) is 11.4.